The van der Waals surface area contributed by atoms with Gasteiger partial charge in [0.1, 0.15) is 0 Å². The number of piperazine rings is 1. The van der Waals surface area contributed by atoms with Crippen molar-refractivity contribution in [1.82, 2.24) is 24.6 Å². The molecule has 0 bridgehead atoms. The smallest absolute Gasteiger partial charge is 0.254 e. The zero-order valence-electron chi connectivity index (χ0n) is 20.7. The van der Waals surface area contributed by atoms with E-state index in [1.165, 1.54) is 0 Å². The third-order valence-corrected chi connectivity index (χ3v) is 8.30. The van der Waals surface area contributed by atoms with Crippen LogP contribution in [0.2, 0.25) is 0 Å². The number of thiophene rings is 1. The quantitative estimate of drug-likeness (QED) is 0.230. The van der Waals surface area contributed by atoms with Crippen LogP contribution >= 0.6 is 23.1 Å². The fourth-order valence-electron chi connectivity index (χ4n) is 4.52. The molecule has 9 heteroatoms. The second-order valence-electron chi connectivity index (χ2n) is 8.96. The van der Waals surface area contributed by atoms with E-state index in [0.717, 1.165) is 33.7 Å². The van der Waals surface area contributed by atoms with Gasteiger partial charge in [-0.3, -0.25) is 14.2 Å². The van der Waals surface area contributed by atoms with Crippen molar-refractivity contribution in [2.45, 2.75) is 31.0 Å². The Bertz CT molecular complexity index is 1330. The topological polar surface area (TPSA) is 71.3 Å². The molecule has 190 valence electrons. The molecular formula is C28H29N5O2S2. The van der Waals surface area contributed by atoms with Gasteiger partial charge in [-0.2, -0.15) is 0 Å². The van der Waals surface area contributed by atoms with E-state index < -0.39 is 0 Å². The minimum Gasteiger partial charge on any atom is -0.339 e. The maximum absolute atomic E-state index is 12.9. The first-order valence-corrected chi connectivity index (χ1v) is 14.3. The standard InChI is InChI=1S/C28H29N5O2S2/c1-21-20-31(16-17-32(21)27(35)22-10-4-2-5-11-22)25(34)15-9-19-37-28-30-29-26(24-14-8-18-36-24)33(28)23-12-6-3-7-13-23/h2-8,10-14,18,21H,9,15-17,19-20H2,1H3. The molecule has 0 radical (unpaired) electrons. The molecule has 0 saturated carbocycles. The van der Waals surface area contributed by atoms with E-state index >= 15 is 0 Å². The van der Waals surface area contributed by atoms with Crippen LogP contribution in [0.3, 0.4) is 0 Å². The molecule has 2 amide bonds. The molecule has 0 spiro atoms. The fraction of sp³-hybridized carbons (Fsp3) is 0.286. The minimum absolute atomic E-state index is 0.0140. The van der Waals surface area contributed by atoms with Gasteiger partial charge in [0.2, 0.25) is 5.91 Å². The maximum atomic E-state index is 12.9. The van der Waals surface area contributed by atoms with Crippen LogP contribution in [-0.4, -0.2) is 67.8 Å². The summed E-state index contributed by atoms with van der Waals surface area (Å²) in [5, 5.41) is 11.8. The van der Waals surface area contributed by atoms with Crippen molar-refractivity contribution in [3.05, 3.63) is 83.7 Å². The molecule has 1 aliphatic rings. The number of rotatable bonds is 8. The molecule has 1 aliphatic heterocycles. The molecule has 4 aromatic rings. The highest BCUT2D eigenvalue weighted by Crippen LogP contribution is 2.30. The number of aromatic nitrogens is 3. The highest BCUT2D eigenvalue weighted by Gasteiger charge is 2.30. The van der Waals surface area contributed by atoms with E-state index in [4.69, 9.17) is 0 Å². The SMILES string of the molecule is CC1CN(C(=O)CCCSc2nnc(-c3cccs3)n2-c2ccccc2)CCN1C(=O)c1ccccc1. The predicted octanol–water partition coefficient (Wildman–Crippen LogP) is 5.24. The summed E-state index contributed by atoms with van der Waals surface area (Å²) in [5.74, 6) is 1.77. The van der Waals surface area contributed by atoms with Crippen molar-refractivity contribution in [3.63, 3.8) is 0 Å². The van der Waals surface area contributed by atoms with Crippen LogP contribution in [0.5, 0.6) is 0 Å². The van der Waals surface area contributed by atoms with Crippen molar-refractivity contribution in [2.75, 3.05) is 25.4 Å². The maximum Gasteiger partial charge on any atom is 0.254 e. The molecule has 7 nitrogen and oxygen atoms in total. The highest BCUT2D eigenvalue weighted by molar-refractivity contribution is 7.99. The number of carbonyl (C=O) groups is 2. The van der Waals surface area contributed by atoms with E-state index in [1.54, 1.807) is 23.1 Å². The summed E-state index contributed by atoms with van der Waals surface area (Å²) in [6.07, 6.45) is 1.22. The van der Waals surface area contributed by atoms with Gasteiger partial charge in [-0.05, 0) is 49.1 Å². The Morgan fingerprint density at radius 2 is 1.73 bits per heavy atom. The number of thioether (sulfide) groups is 1. The molecule has 0 aliphatic carbocycles. The van der Waals surface area contributed by atoms with E-state index in [0.29, 0.717) is 31.6 Å². The Balaban J connectivity index is 1.15. The first-order chi connectivity index (χ1) is 18.1. The van der Waals surface area contributed by atoms with E-state index in [2.05, 4.69) is 33.0 Å². The normalized spacial score (nSPS) is 15.6. The summed E-state index contributed by atoms with van der Waals surface area (Å²) < 4.78 is 2.09. The molecule has 0 N–H and O–H groups in total. The van der Waals surface area contributed by atoms with Gasteiger partial charge in [-0.15, -0.1) is 21.5 Å². The van der Waals surface area contributed by atoms with Gasteiger partial charge < -0.3 is 9.80 Å². The third-order valence-electron chi connectivity index (χ3n) is 6.42. The average molecular weight is 532 g/mol. The Labute approximate surface area is 225 Å². The van der Waals surface area contributed by atoms with Crippen molar-refractivity contribution >= 4 is 34.9 Å². The summed E-state index contributed by atoms with van der Waals surface area (Å²) in [6.45, 7) is 3.71. The molecule has 2 aromatic carbocycles. The lowest BCUT2D eigenvalue weighted by atomic mass is 10.1. The second-order valence-corrected chi connectivity index (χ2v) is 11.0. The van der Waals surface area contributed by atoms with Crippen molar-refractivity contribution < 1.29 is 9.59 Å². The summed E-state index contributed by atoms with van der Waals surface area (Å²) in [4.78, 5) is 30.6. The molecule has 1 fully saturated rings. The summed E-state index contributed by atoms with van der Waals surface area (Å²) in [5.41, 5.74) is 1.71. The van der Waals surface area contributed by atoms with Crippen molar-refractivity contribution in [2.24, 2.45) is 0 Å². The van der Waals surface area contributed by atoms with Crippen LogP contribution in [0.25, 0.3) is 16.4 Å². The first kappa shape index (κ1) is 25.2. The highest BCUT2D eigenvalue weighted by atomic mass is 32.2. The van der Waals surface area contributed by atoms with Gasteiger partial charge in [0.15, 0.2) is 11.0 Å². The Hall–Kier alpha value is -3.43. The zero-order chi connectivity index (χ0) is 25.6. The fourth-order valence-corrected chi connectivity index (χ4v) is 6.11. The number of para-hydroxylation sites is 1. The monoisotopic (exact) mass is 531 g/mol. The number of hydrogen-bond donors (Lipinski definition) is 0. The number of hydrogen-bond acceptors (Lipinski definition) is 6. The zero-order valence-corrected chi connectivity index (χ0v) is 22.3. The Kier molecular flexibility index (Phi) is 8.01. The summed E-state index contributed by atoms with van der Waals surface area (Å²) in [7, 11) is 0. The molecular weight excluding hydrogens is 502 g/mol. The predicted molar refractivity (Wildman–Crippen MR) is 148 cm³/mol. The average Bonchev–Trinajstić information content (AvgIpc) is 3.62. The van der Waals surface area contributed by atoms with Crippen LogP contribution in [-0.2, 0) is 4.79 Å². The number of carbonyl (C=O) groups excluding carboxylic acids is 2. The van der Waals surface area contributed by atoms with Crippen LogP contribution in [0, 0.1) is 0 Å². The minimum atomic E-state index is -0.0140. The van der Waals surface area contributed by atoms with Crippen LogP contribution in [0.1, 0.15) is 30.1 Å². The van der Waals surface area contributed by atoms with Crippen molar-refractivity contribution in [3.8, 4) is 16.4 Å². The first-order valence-electron chi connectivity index (χ1n) is 12.4. The Morgan fingerprint density at radius 1 is 0.973 bits per heavy atom. The summed E-state index contributed by atoms with van der Waals surface area (Å²) >= 11 is 3.26. The van der Waals surface area contributed by atoms with Crippen LogP contribution < -0.4 is 0 Å². The lowest BCUT2D eigenvalue weighted by molar-refractivity contribution is -0.133. The lowest BCUT2D eigenvalue weighted by Gasteiger charge is -2.40. The summed E-state index contributed by atoms with van der Waals surface area (Å²) in [6, 6.07) is 23.5. The van der Waals surface area contributed by atoms with Gasteiger partial charge in [-0.1, -0.05) is 54.2 Å². The van der Waals surface area contributed by atoms with Gasteiger partial charge in [0, 0.05) is 49.1 Å². The molecule has 5 rings (SSSR count). The third kappa shape index (κ3) is 5.78. The van der Waals surface area contributed by atoms with Gasteiger partial charge in [-0.25, -0.2) is 0 Å². The molecule has 2 aromatic heterocycles. The van der Waals surface area contributed by atoms with Gasteiger partial charge in [0.05, 0.1) is 4.88 Å². The number of nitrogens with zero attached hydrogens (tertiary/aromatic N) is 5. The van der Waals surface area contributed by atoms with Crippen molar-refractivity contribution in [1.29, 1.82) is 0 Å². The van der Waals surface area contributed by atoms with Gasteiger partial charge in [0.25, 0.3) is 5.91 Å². The van der Waals surface area contributed by atoms with Crippen LogP contribution in [0.4, 0.5) is 0 Å². The molecule has 3 heterocycles. The second kappa shape index (κ2) is 11.7. The Morgan fingerprint density at radius 3 is 2.43 bits per heavy atom. The van der Waals surface area contributed by atoms with E-state index in [1.807, 2.05) is 76.7 Å². The van der Waals surface area contributed by atoms with E-state index in [9.17, 15) is 9.59 Å². The molecule has 1 unspecified atom stereocenters. The largest absolute Gasteiger partial charge is 0.339 e. The number of benzene rings is 2. The van der Waals surface area contributed by atoms with E-state index in [-0.39, 0.29) is 17.9 Å². The lowest BCUT2D eigenvalue weighted by Crippen LogP contribution is -2.55. The number of amides is 2. The molecule has 1 atom stereocenters. The molecule has 37 heavy (non-hydrogen) atoms. The molecule has 1 saturated heterocycles. The van der Waals surface area contributed by atoms with Gasteiger partial charge >= 0.3 is 0 Å². The van der Waals surface area contributed by atoms with Crippen LogP contribution in [0.15, 0.2) is 83.3 Å².